The largest absolute Gasteiger partial charge is 0.468 e. The maximum absolute atomic E-state index is 14.7. The number of hydrogen-bond donors (Lipinski definition) is 1. The lowest BCUT2D eigenvalue weighted by Crippen LogP contribution is -2.31. The SMILES string of the molecule is C=C(C)c1ccc(-c2cc(C(N)=O)nc3c2CC[C@H](C(F)F)O3)c(F)c1. The van der Waals surface area contributed by atoms with Crippen molar-refractivity contribution in [1.82, 2.24) is 4.98 Å². The van der Waals surface area contributed by atoms with Crippen molar-refractivity contribution in [2.75, 3.05) is 0 Å². The van der Waals surface area contributed by atoms with Gasteiger partial charge in [0.05, 0.1) is 0 Å². The Balaban J connectivity index is 2.16. The Bertz CT molecular complexity index is 897. The Labute approximate surface area is 148 Å². The number of ether oxygens (including phenoxy) is 1. The minimum atomic E-state index is -2.68. The molecule has 0 bridgehead atoms. The highest BCUT2D eigenvalue weighted by molar-refractivity contribution is 5.93. The predicted octanol–water partition coefficient (Wildman–Crippen LogP) is 3.98. The number of pyridine rings is 1. The Morgan fingerprint density at radius 1 is 1.35 bits per heavy atom. The van der Waals surface area contributed by atoms with Crippen LogP contribution < -0.4 is 10.5 Å². The molecule has 2 heterocycles. The monoisotopic (exact) mass is 362 g/mol. The number of primary amides is 1. The van der Waals surface area contributed by atoms with Gasteiger partial charge in [0.2, 0.25) is 5.88 Å². The summed E-state index contributed by atoms with van der Waals surface area (Å²) in [5.41, 5.74) is 7.51. The van der Waals surface area contributed by atoms with E-state index >= 15 is 0 Å². The van der Waals surface area contributed by atoms with Gasteiger partial charge in [-0.1, -0.05) is 24.3 Å². The predicted molar refractivity (Wildman–Crippen MR) is 91.6 cm³/mol. The first-order valence-electron chi connectivity index (χ1n) is 8.02. The van der Waals surface area contributed by atoms with Crippen LogP contribution in [0.25, 0.3) is 16.7 Å². The Hall–Kier alpha value is -2.83. The van der Waals surface area contributed by atoms with E-state index in [1.165, 1.54) is 12.1 Å². The van der Waals surface area contributed by atoms with Crippen LogP contribution in [0.1, 0.15) is 35.0 Å². The van der Waals surface area contributed by atoms with E-state index < -0.39 is 24.3 Å². The van der Waals surface area contributed by atoms with Crippen molar-refractivity contribution in [3.8, 4) is 17.0 Å². The molecule has 0 saturated heterocycles. The molecule has 1 aliphatic heterocycles. The van der Waals surface area contributed by atoms with Crippen LogP contribution in [0.3, 0.4) is 0 Å². The second-order valence-corrected chi connectivity index (χ2v) is 6.21. The van der Waals surface area contributed by atoms with Gasteiger partial charge in [-0.05, 0) is 43.0 Å². The number of carbonyl (C=O) groups excluding carboxylic acids is 1. The third-order valence-electron chi connectivity index (χ3n) is 4.31. The maximum atomic E-state index is 14.7. The van der Waals surface area contributed by atoms with Crippen molar-refractivity contribution in [3.05, 3.63) is 53.5 Å². The number of rotatable bonds is 4. The number of fused-ring (bicyclic) bond motifs is 1. The number of alkyl halides is 2. The van der Waals surface area contributed by atoms with Gasteiger partial charge >= 0.3 is 0 Å². The Kier molecular flexibility index (Phi) is 4.71. The van der Waals surface area contributed by atoms with E-state index in [9.17, 15) is 18.0 Å². The molecular formula is C19H17F3N2O2. The van der Waals surface area contributed by atoms with Gasteiger partial charge in [0, 0.05) is 11.1 Å². The summed E-state index contributed by atoms with van der Waals surface area (Å²) in [4.78, 5) is 15.5. The quantitative estimate of drug-likeness (QED) is 0.895. The highest BCUT2D eigenvalue weighted by atomic mass is 19.3. The van der Waals surface area contributed by atoms with Crippen LogP contribution in [0.15, 0.2) is 30.8 Å². The van der Waals surface area contributed by atoms with Gasteiger partial charge < -0.3 is 10.5 Å². The second-order valence-electron chi connectivity index (χ2n) is 6.21. The molecule has 1 atom stereocenters. The molecule has 0 radical (unpaired) electrons. The van der Waals surface area contributed by atoms with Crippen LogP contribution in [0.4, 0.5) is 13.2 Å². The molecule has 7 heteroatoms. The summed E-state index contributed by atoms with van der Waals surface area (Å²) in [6.45, 7) is 5.53. The third kappa shape index (κ3) is 3.29. The smallest absolute Gasteiger partial charge is 0.274 e. The molecule has 0 spiro atoms. The summed E-state index contributed by atoms with van der Waals surface area (Å²) in [6, 6.07) is 5.95. The first kappa shape index (κ1) is 18.0. The summed E-state index contributed by atoms with van der Waals surface area (Å²) in [7, 11) is 0. The molecular weight excluding hydrogens is 345 g/mol. The number of hydrogen-bond acceptors (Lipinski definition) is 3. The van der Waals surface area contributed by atoms with Gasteiger partial charge in [0.25, 0.3) is 12.3 Å². The molecule has 26 heavy (non-hydrogen) atoms. The summed E-state index contributed by atoms with van der Waals surface area (Å²) in [5.74, 6) is -1.47. The van der Waals surface area contributed by atoms with E-state index in [2.05, 4.69) is 11.6 Å². The summed E-state index contributed by atoms with van der Waals surface area (Å²) >= 11 is 0. The van der Waals surface area contributed by atoms with Gasteiger partial charge in [0.15, 0.2) is 6.10 Å². The third-order valence-corrected chi connectivity index (χ3v) is 4.31. The second kappa shape index (κ2) is 6.82. The molecule has 136 valence electrons. The van der Waals surface area contributed by atoms with Crippen molar-refractivity contribution in [2.24, 2.45) is 5.73 Å². The lowest BCUT2D eigenvalue weighted by molar-refractivity contribution is -0.00215. The average molecular weight is 362 g/mol. The number of amides is 1. The van der Waals surface area contributed by atoms with Crippen molar-refractivity contribution in [3.63, 3.8) is 0 Å². The van der Waals surface area contributed by atoms with Gasteiger partial charge in [-0.2, -0.15) is 0 Å². The fourth-order valence-electron chi connectivity index (χ4n) is 2.92. The summed E-state index contributed by atoms with van der Waals surface area (Å²) < 4.78 is 45.8. The van der Waals surface area contributed by atoms with Crippen molar-refractivity contribution in [1.29, 1.82) is 0 Å². The molecule has 1 aromatic carbocycles. The van der Waals surface area contributed by atoms with E-state index in [0.29, 0.717) is 22.3 Å². The molecule has 3 rings (SSSR count). The molecule has 1 aromatic heterocycles. The molecule has 0 aliphatic carbocycles. The topological polar surface area (TPSA) is 65.2 Å². The maximum Gasteiger partial charge on any atom is 0.274 e. The zero-order valence-electron chi connectivity index (χ0n) is 14.1. The Morgan fingerprint density at radius 2 is 2.08 bits per heavy atom. The highest BCUT2D eigenvalue weighted by Gasteiger charge is 2.31. The fraction of sp³-hybridized carbons (Fsp3) is 0.263. The highest BCUT2D eigenvalue weighted by Crippen LogP contribution is 2.37. The van der Waals surface area contributed by atoms with Crippen LogP contribution in [-0.2, 0) is 6.42 Å². The lowest BCUT2D eigenvalue weighted by atomic mass is 9.93. The molecule has 1 amide bonds. The van der Waals surface area contributed by atoms with Crippen molar-refractivity contribution in [2.45, 2.75) is 32.3 Å². The number of carbonyl (C=O) groups is 1. The normalized spacial score (nSPS) is 16.1. The zero-order chi connectivity index (χ0) is 19.0. The van der Waals surface area contributed by atoms with Gasteiger partial charge in [-0.15, -0.1) is 0 Å². The van der Waals surface area contributed by atoms with Gasteiger partial charge in [-0.25, -0.2) is 18.2 Å². The summed E-state index contributed by atoms with van der Waals surface area (Å²) in [6.07, 6.45) is -3.70. The number of nitrogens with zero attached hydrogens (tertiary/aromatic N) is 1. The minimum absolute atomic E-state index is 0.0702. The van der Waals surface area contributed by atoms with E-state index in [-0.39, 0.29) is 30.0 Å². The molecule has 0 unspecified atom stereocenters. The van der Waals surface area contributed by atoms with E-state index in [0.717, 1.165) is 0 Å². The van der Waals surface area contributed by atoms with Crippen molar-refractivity contribution >= 4 is 11.5 Å². The lowest BCUT2D eigenvalue weighted by Gasteiger charge is -2.26. The Morgan fingerprint density at radius 3 is 2.65 bits per heavy atom. The number of nitrogens with two attached hydrogens (primary N) is 1. The number of allylic oxidation sites excluding steroid dienone is 1. The van der Waals surface area contributed by atoms with E-state index in [4.69, 9.17) is 10.5 Å². The molecule has 0 saturated carbocycles. The molecule has 0 fully saturated rings. The minimum Gasteiger partial charge on any atom is -0.468 e. The van der Waals surface area contributed by atoms with Crippen LogP contribution in [0.2, 0.25) is 0 Å². The number of benzene rings is 1. The molecule has 2 N–H and O–H groups in total. The van der Waals surface area contributed by atoms with Crippen LogP contribution >= 0.6 is 0 Å². The summed E-state index contributed by atoms with van der Waals surface area (Å²) in [5, 5.41) is 0. The van der Waals surface area contributed by atoms with E-state index in [1.54, 1.807) is 19.1 Å². The number of aromatic nitrogens is 1. The van der Waals surface area contributed by atoms with Gasteiger partial charge in [0.1, 0.15) is 11.5 Å². The number of halogens is 3. The van der Waals surface area contributed by atoms with Crippen LogP contribution in [0.5, 0.6) is 5.88 Å². The van der Waals surface area contributed by atoms with E-state index in [1.807, 2.05) is 0 Å². The first-order valence-corrected chi connectivity index (χ1v) is 8.02. The zero-order valence-corrected chi connectivity index (χ0v) is 14.1. The molecule has 2 aromatic rings. The van der Waals surface area contributed by atoms with Crippen LogP contribution in [-0.4, -0.2) is 23.4 Å². The van der Waals surface area contributed by atoms with Gasteiger partial charge in [-0.3, -0.25) is 4.79 Å². The van der Waals surface area contributed by atoms with Crippen LogP contribution in [0, 0.1) is 5.82 Å². The van der Waals surface area contributed by atoms with Crippen molar-refractivity contribution < 1.29 is 22.7 Å². The molecule has 1 aliphatic rings. The first-order chi connectivity index (χ1) is 12.3. The fourth-order valence-corrected chi connectivity index (χ4v) is 2.92. The molecule has 4 nitrogen and oxygen atoms in total. The average Bonchev–Trinajstić information content (AvgIpc) is 2.60. The standard InChI is InChI=1S/C19H17F3N2O2/c1-9(2)10-3-4-11(14(20)7-10)13-8-15(18(23)25)24-19-12(13)5-6-16(26-19)17(21)22/h3-4,7-8,16-17H,1,5-6H2,2H3,(H2,23,25)/t16-/m1/s1.